The molecule has 1 N–H and O–H groups in total. The molecule has 1 fully saturated rings. The summed E-state index contributed by atoms with van der Waals surface area (Å²) in [5.74, 6) is -2.42. The third-order valence-electron chi connectivity index (χ3n) is 7.38. The van der Waals surface area contributed by atoms with Crippen LogP contribution in [0.1, 0.15) is 45.9 Å². The molecule has 2 heterocycles. The molecule has 2 aromatic rings. The first-order valence-corrected chi connectivity index (χ1v) is 15.2. The molecule has 1 aromatic heterocycles. The van der Waals surface area contributed by atoms with E-state index in [-0.39, 0.29) is 12.4 Å². The molecule has 4 rings (SSSR count). The zero-order chi connectivity index (χ0) is 32.2. The van der Waals surface area contributed by atoms with Gasteiger partial charge < -0.3 is 28.8 Å². The molecule has 6 atom stereocenters. The number of phenols is 1. The zero-order valence-corrected chi connectivity index (χ0v) is 26.6. The van der Waals surface area contributed by atoms with Gasteiger partial charge in [0.2, 0.25) is 0 Å². The summed E-state index contributed by atoms with van der Waals surface area (Å²) in [7, 11) is 0. The maximum absolute atomic E-state index is 12.3. The number of ether oxygens (including phenoxy) is 5. The van der Waals surface area contributed by atoms with Crippen molar-refractivity contribution in [3.05, 3.63) is 64.0 Å². The average molecular weight is 647 g/mol. The largest absolute Gasteiger partial charge is 0.508 e. The normalized spacial score (nSPS) is 26.5. The maximum Gasteiger partial charge on any atom is 0.303 e. The van der Waals surface area contributed by atoms with Gasteiger partial charge in [-0.1, -0.05) is 24.6 Å². The molecule has 12 heteroatoms. The third kappa shape index (κ3) is 8.08. The number of carbonyl (C=O) groups excluding carboxylic acids is 4. The van der Waals surface area contributed by atoms with Crippen molar-refractivity contribution in [2.75, 3.05) is 6.61 Å². The van der Waals surface area contributed by atoms with Crippen LogP contribution in [-0.4, -0.2) is 66.1 Å². The van der Waals surface area contributed by atoms with Crippen LogP contribution in [0, 0.1) is 5.41 Å². The van der Waals surface area contributed by atoms with Gasteiger partial charge in [0.1, 0.15) is 24.6 Å². The Morgan fingerprint density at radius 3 is 2.14 bits per heavy atom. The number of benzene rings is 1. The molecule has 1 unspecified atom stereocenters. The van der Waals surface area contributed by atoms with Gasteiger partial charge in [0.15, 0.2) is 18.3 Å². The number of allylic oxidation sites excluding steroid dienone is 3. The van der Waals surface area contributed by atoms with Crippen molar-refractivity contribution in [2.24, 2.45) is 5.41 Å². The molecule has 1 aromatic carbocycles. The first-order valence-electron chi connectivity index (χ1n) is 14.0. The fourth-order valence-corrected chi connectivity index (χ4v) is 6.80. The molecule has 44 heavy (non-hydrogen) atoms. The van der Waals surface area contributed by atoms with E-state index in [4.69, 9.17) is 35.3 Å². The highest BCUT2D eigenvalue weighted by Crippen LogP contribution is 2.46. The van der Waals surface area contributed by atoms with Gasteiger partial charge in [-0.15, -0.1) is 11.3 Å². The lowest BCUT2D eigenvalue weighted by molar-refractivity contribution is -0.266. The fraction of sp³-hybridized carbons (Fsp3) is 0.438. The molecule has 1 aliphatic heterocycles. The Bertz CT molecular complexity index is 1460. The summed E-state index contributed by atoms with van der Waals surface area (Å²) < 4.78 is 28.6. The summed E-state index contributed by atoms with van der Waals surface area (Å²) in [4.78, 5) is 50.5. The SMILES string of the molecule is CC(=O)OC[C@H]1O[C@@H](C2(C)C=CC(Cl)=C(Cc3ccc(-c4ccc(O)cc4)s3)C2)[C@H](OC(C)=O)[C@@H](OC(C)=O)[C@@H]1OC(C)=O. The summed E-state index contributed by atoms with van der Waals surface area (Å²) >= 11 is 8.31. The first-order chi connectivity index (χ1) is 20.8. The number of hydrogen-bond acceptors (Lipinski definition) is 11. The quantitative estimate of drug-likeness (QED) is 0.284. The summed E-state index contributed by atoms with van der Waals surface area (Å²) in [5.41, 5.74) is 1.03. The fourth-order valence-electron chi connectivity index (χ4n) is 5.55. The van der Waals surface area contributed by atoms with E-state index in [0.29, 0.717) is 17.9 Å². The maximum atomic E-state index is 12.3. The Labute approximate surface area is 264 Å². The second-order valence-corrected chi connectivity index (χ2v) is 12.7. The summed E-state index contributed by atoms with van der Waals surface area (Å²) in [6.45, 7) is 6.43. The van der Waals surface area contributed by atoms with Crippen LogP contribution in [0.15, 0.2) is 59.2 Å². The Kier molecular flexibility index (Phi) is 10.5. The second-order valence-electron chi connectivity index (χ2n) is 11.1. The minimum Gasteiger partial charge on any atom is -0.508 e. The van der Waals surface area contributed by atoms with Crippen LogP contribution in [0.2, 0.25) is 0 Å². The van der Waals surface area contributed by atoms with Crippen molar-refractivity contribution in [2.45, 2.75) is 78.0 Å². The monoisotopic (exact) mass is 646 g/mol. The summed E-state index contributed by atoms with van der Waals surface area (Å²) in [6, 6.07) is 11.0. The minimum absolute atomic E-state index is 0.193. The van der Waals surface area contributed by atoms with Crippen LogP contribution in [0.25, 0.3) is 10.4 Å². The third-order valence-corrected chi connectivity index (χ3v) is 8.91. The van der Waals surface area contributed by atoms with Crippen molar-refractivity contribution in [3.63, 3.8) is 0 Å². The van der Waals surface area contributed by atoms with E-state index in [9.17, 15) is 24.3 Å². The highest BCUT2D eigenvalue weighted by molar-refractivity contribution is 7.15. The molecule has 0 amide bonds. The molecular weight excluding hydrogens is 612 g/mol. The lowest BCUT2D eigenvalue weighted by Gasteiger charge is -2.50. The van der Waals surface area contributed by atoms with Gasteiger partial charge in [-0.25, -0.2) is 0 Å². The van der Waals surface area contributed by atoms with Gasteiger partial charge >= 0.3 is 23.9 Å². The number of carbonyl (C=O) groups is 4. The Balaban J connectivity index is 1.66. The van der Waals surface area contributed by atoms with E-state index in [1.54, 1.807) is 29.5 Å². The van der Waals surface area contributed by atoms with Gasteiger partial charge in [-0.3, -0.25) is 19.2 Å². The van der Waals surface area contributed by atoms with Crippen molar-refractivity contribution in [1.82, 2.24) is 0 Å². The number of phenolic OH excluding ortho intramolecular Hbond substituents is 1. The molecule has 0 bridgehead atoms. The number of hydrogen-bond donors (Lipinski definition) is 1. The van der Waals surface area contributed by atoms with Gasteiger partial charge in [-0.05, 0) is 60.0 Å². The second kappa shape index (κ2) is 14.0. The standard InChI is InChI=1S/C32H35ClO10S/c1-17(34)39-16-26-28(40-18(2)35)29(41-19(3)36)30(42-20(4)37)31(43-26)32(5)13-12-25(33)22(15-32)14-24-10-11-27(44-24)21-6-8-23(38)9-7-21/h6-13,26,28-31,38H,14-16H2,1-5H3/t26-,28-,29+,30-,31-,32?/m1/s1. The van der Waals surface area contributed by atoms with Crippen LogP contribution in [0.4, 0.5) is 0 Å². The summed E-state index contributed by atoms with van der Waals surface area (Å²) in [6.07, 6.45) is -1.06. The molecular formula is C32H35ClO10S. The number of aromatic hydroxyl groups is 1. The van der Waals surface area contributed by atoms with E-state index in [1.807, 2.05) is 37.3 Å². The molecule has 10 nitrogen and oxygen atoms in total. The summed E-state index contributed by atoms with van der Waals surface area (Å²) in [5, 5.41) is 10.2. The Morgan fingerprint density at radius 2 is 1.52 bits per heavy atom. The van der Waals surface area contributed by atoms with E-state index in [2.05, 4.69) is 0 Å². The Hall–Kier alpha value is -3.67. The van der Waals surface area contributed by atoms with Crippen molar-refractivity contribution in [1.29, 1.82) is 0 Å². The van der Waals surface area contributed by atoms with E-state index in [1.165, 1.54) is 27.7 Å². The lowest BCUT2D eigenvalue weighted by atomic mass is 9.70. The number of esters is 4. The van der Waals surface area contributed by atoms with Crippen LogP contribution in [0.3, 0.4) is 0 Å². The Morgan fingerprint density at radius 1 is 0.909 bits per heavy atom. The van der Waals surface area contributed by atoms with Gasteiger partial charge in [-0.2, -0.15) is 0 Å². The number of halogens is 1. The average Bonchev–Trinajstić information content (AvgIpc) is 3.40. The van der Waals surface area contributed by atoms with Crippen molar-refractivity contribution >= 4 is 46.8 Å². The van der Waals surface area contributed by atoms with Crippen LogP contribution in [0.5, 0.6) is 5.75 Å². The van der Waals surface area contributed by atoms with Crippen molar-refractivity contribution < 1.29 is 48.0 Å². The van der Waals surface area contributed by atoms with Gasteiger partial charge in [0.05, 0.1) is 0 Å². The van der Waals surface area contributed by atoms with Gasteiger partial charge in [0.25, 0.3) is 0 Å². The molecule has 1 aliphatic carbocycles. The number of rotatable bonds is 9. The van der Waals surface area contributed by atoms with Crippen LogP contribution in [-0.2, 0) is 49.3 Å². The number of thiophene rings is 1. The molecule has 0 saturated carbocycles. The predicted octanol–water partition coefficient (Wildman–Crippen LogP) is 5.25. The highest BCUT2D eigenvalue weighted by atomic mass is 35.5. The lowest BCUT2D eigenvalue weighted by Crippen LogP contribution is -2.65. The topological polar surface area (TPSA) is 135 Å². The van der Waals surface area contributed by atoms with Crippen LogP contribution >= 0.6 is 22.9 Å². The first kappa shape index (κ1) is 33.2. The molecule has 236 valence electrons. The van der Waals surface area contributed by atoms with E-state index < -0.39 is 59.8 Å². The zero-order valence-electron chi connectivity index (χ0n) is 25.0. The highest BCUT2D eigenvalue weighted by Gasteiger charge is 2.57. The molecule has 2 aliphatic rings. The smallest absolute Gasteiger partial charge is 0.303 e. The van der Waals surface area contributed by atoms with Crippen LogP contribution < -0.4 is 0 Å². The minimum atomic E-state index is -1.25. The van der Waals surface area contributed by atoms with Crippen molar-refractivity contribution in [3.8, 4) is 16.2 Å². The molecule has 0 spiro atoms. The molecule has 0 radical (unpaired) electrons. The van der Waals surface area contributed by atoms with Gasteiger partial charge in [0, 0.05) is 54.3 Å². The predicted molar refractivity (Wildman–Crippen MR) is 162 cm³/mol. The molecule has 1 saturated heterocycles. The van der Waals surface area contributed by atoms with E-state index >= 15 is 0 Å². The van der Waals surface area contributed by atoms with E-state index in [0.717, 1.165) is 20.9 Å².